The molecular formula is C25H26O9S3. The smallest absolute Gasteiger partial charge is 0.303 e. The predicted octanol–water partition coefficient (Wildman–Crippen LogP) is 4.03. The van der Waals surface area contributed by atoms with Crippen LogP contribution >= 0.6 is 35.7 Å². The van der Waals surface area contributed by atoms with E-state index in [9.17, 15) is 19.2 Å². The van der Waals surface area contributed by atoms with Crippen molar-refractivity contribution >= 4 is 73.9 Å². The lowest BCUT2D eigenvalue weighted by atomic mass is 9.99. The highest BCUT2D eigenvalue weighted by atomic mass is 32.2. The molecular weight excluding hydrogens is 540 g/mol. The highest BCUT2D eigenvalue weighted by Gasteiger charge is 2.52. The van der Waals surface area contributed by atoms with Crippen molar-refractivity contribution < 1.29 is 42.9 Å². The molecule has 37 heavy (non-hydrogen) atoms. The number of hydrogen-bond donors (Lipinski definition) is 0. The van der Waals surface area contributed by atoms with Gasteiger partial charge in [-0.15, -0.1) is 0 Å². The van der Waals surface area contributed by atoms with Gasteiger partial charge in [0.05, 0.1) is 0 Å². The number of hydrogen-bond acceptors (Lipinski definition) is 12. The molecule has 1 aliphatic heterocycles. The zero-order valence-electron chi connectivity index (χ0n) is 20.5. The van der Waals surface area contributed by atoms with Gasteiger partial charge in [-0.25, -0.2) is 0 Å². The summed E-state index contributed by atoms with van der Waals surface area (Å²) in [6.45, 7) is 4.47. The SMILES string of the molecule is CC(=O)OCC1O[C@@H](SC(=S)Sc2ccc3ccccc3c2)C(OC(C)=O)C(OC(C)=O)[C@@H]1OC(C)=O. The van der Waals surface area contributed by atoms with Crippen molar-refractivity contribution in [2.24, 2.45) is 0 Å². The third-order valence-corrected chi connectivity index (χ3v) is 7.62. The number of carbonyl (C=O) groups is 4. The molecule has 1 heterocycles. The Bertz CT molecular complexity index is 1180. The van der Waals surface area contributed by atoms with E-state index >= 15 is 0 Å². The van der Waals surface area contributed by atoms with E-state index in [0.29, 0.717) is 3.53 Å². The molecule has 1 fully saturated rings. The van der Waals surface area contributed by atoms with E-state index in [-0.39, 0.29) is 6.61 Å². The summed E-state index contributed by atoms with van der Waals surface area (Å²) in [5.74, 6) is -2.62. The van der Waals surface area contributed by atoms with Crippen LogP contribution in [0.2, 0.25) is 0 Å². The van der Waals surface area contributed by atoms with Crippen LogP contribution < -0.4 is 0 Å². The average Bonchev–Trinajstić information content (AvgIpc) is 2.80. The van der Waals surface area contributed by atoms with Crippen LogP contribution in [0.15, 0.2) is 47.4 Å². The summed E-state index contributed by atoms with van der Waals surface area (Å²) in [6.07, 6.45) is -4.62. The Morgan fingerprint density at radius 1 is 0.811 bits per heavy atom. The average molecular weight is 567 g/mol. The van der Waals surface area contributed by atoms with Gasteiger partial charge in [-0.05, 0) is 22.9 Å². The number of esters is 4. The van der Waals surface area contributed by atoms with Crippen LogP contribution in [-0.2, 0) is 42.9 Å². The quantitative estimate of drug-likeness (QED) is 0.209. The highest BCUT2D eigenvalue weighted by Crippen LogP contribution is 2.38. The fraction of sp³-hybridized carbons (Fsp3) is 0.400. The zero-order chi connectivity index (χ0) is 27.1. The van der Waals surface area contributed by atoms with Gasteiger partial charge >= 0.3 is 23.9 Å². The van der Waals surface area contributed by atoms with Gasteiger partial charge in [-0.1, -0.05) is 66.1 Å². The molecule has 0 aromatic heterocycles. The van der Waals surface area contributed by atoms with E-state index in [1.54, 1.807) is 0 Å². The molecule has 12 heteroatoms. The molecule has 198 valence electrons. The Kier molecular flexibility index (Phi) is 10.3. The van der Waals surface area contributed by atoms with Crippen LogP contribution in [-0.4, -0.2) is 63.9 Å². The number of fused-ring (bicyclic) bond motifs is 1. The first-order valence-electron chi connectivity index (χ1n) is 11.2. The van der Waals surface area contributed by atoms with Crippen LogP contribution in [0.1, 0.15) is 27.7 Å². The van der Waals surface area contributed by atoms with Crippen LogP contribution in [0.5, 0.6) is 0 Å². The molecule has 9 nitrogen and oxygen atoms in total. The van der Waals surface area contributed by atoms with Crippen molar-refractivity contribution in [3.8, 4) is 0 Å². The van der Waals surface area contributed by atoms with Gasteiger partial charge in [0.15, 0.2) is 18.3 Å². The van der Waals surface area contributed by atoms with Crippen molar-refractivity contribution in [2.75, 3.05) is 6.61 Å². The Labute approximate surface area is 227 Å². The summed E-state index contributed by atoms with van der Waals surface area (Å²) >= 11 is 8.00. The van der Waals surface area contributed by atoms with E-state index in [1.165, 1.54) is 39.5 Å². The summed E-state index contributed by atoms with van der Waals surface area (Å²) in [7, 11) is 0. The second-order valence-corrected chi connectivity index (χ2v) is 11.4. The first-order valence-corrected chi connectivity index (χ1v) is 13.3. The summed E-state index contributed by atoms with van der Waals surface area (Å²) in [5.41, 5.74) is -0.957. The Balaban J connectivity index is 1.88. The Morgan fingerprint density at radius 2 is 1.41 bits per heavy atom. The van der Waals surface area contributed by atoms with Gasteiger partial charge < -0.3 is 23.7 Å². The Hall–Kier alpha value is -2.67. The fourth-order valence-electron chi connectivity index (χ4n) is 3.73. The first-order chi connectivity index (χ1) is 17.5. The third-order valence-electron chi connectivity index (χ3n) is 5.08. The molecule has 1 saturated heterocycles. The van der Waals surface area contributed by atoms with Crippen LogP contribution in [0.25, 0.3) is 10.8 Å². The van der Waals surface area contributed by atoms with Crippen LogP contribution in [0, 0.1) is 0 Å². The number of thiocarbonyl (C=S) groups is 1. The van der Waals surface area contributed by atoms with Gasteiger partial charge in [0.2, 0.25) is 0 Å². The van der Waals surface area contributed by atoms with E-state index in [4.69, 9.17) is 35.9 Å². The molecule has 0 bridgehead atoms. The molecule has 2 aromatic rings. The molecule has 3 unspecified atom stereocenters. The summed E-state index contributed by atoms with van der Waals surface area (Å²) in [6, 6.07) is 13.8. The maximum Gasteiger partial charge on any atom is 0.303 e. The molecule has 0 radical (unpaired) electrons. The topological polar surface area (TPSA) is 114 Å². The molecule has 1 aliphatic rings. The maximum atomic E-state index is 12.0. The molecule has 0 aliphatic carbocycles. The monoisotopic (exact) mass is 566 g/mol. The van der Waals surface area contributed by atoms with E-state index in [0.717, 1.165) is 27.4 Å². The van der Waals surface area contributed by atoms with Crippen LogP contribution in [0.3, 0.4) is 0 Å². The largest absolute Gasteiger partial charge is 0.463 e. The van der Waals surface area contributed by atoms with Crippen molar-refractivity contribution in [3.63, 3.8) is 0 Å². The van der Waals surface area contributed by atoms with Crippen molar-refractivity contribution in [1.29, 1.82) is 0 Å². The maximum absolute atomic E-state index is 12.0. The normalized spacial score (nSPS) is 23.1. The molecule has 0 saturated carbocycles. The van der Waals surface area contributed by atoms with Crippen molar-refractivity contribution in [3.05, 3.63) is 42.5 Å². The van der Waals surface area contributed by atoms with Gasteiger partial charge in [0.25, 0.3) is 0 Å². The first kappa shape index (κ1) is 28.9. The number of benzene rings is 2. The lowest BCUT2D eigenvalue weighted by Crippen LogP contribution is -2.61. The van der Waals surface area contributed by atoms with Crippen molar-refractivity contribution in [2.45, 2.75) is 62.4 Å². The molecule has 3 rings (SSSR count). The number of rotatable bonds is 7. The summed E-state index contributed by atoms with van der Waals surface area (Å²) < 4.78 is 28.0. The van der Waals surface area contributed by atoms with Gasteiger partial charge in [-0.2, -0.15) is 0 Å². The molecule has 2 aromatic carbocycles. The number of ether oxygens (including phenoxy) is 5. The fourth-order valence-corrected chi connectivity index (χ4v) is 6.32. The minimum Gasteiger partial charge on any atom is -0.463 e. The minimum absolute atomic E-state index is 0.292. The van der Waals surface area contributed by atoms with Gasteiger partial charge in [0, 0.05) is 32.6 Å². The lowest BCUT2D eigenvalue weighted by molar-refractivity contribution is -0.237. The second-order valence-electron chi connectivity index (χ2n) is 8.05. The van der Waals surface area contributed by atoms with Crippen molar-refractivity contribution in [1.82, 2.24) is 0 Å². The highest BCUT2D eigenvalue weighted by molar-refractivity contribution is 8.47. The van der Waals surface area contributed by atoms with Gasteiger partial charge in [-0.3, -0.25) is 19.2 Å². The van der Waals surface area contributed by atoms with E-state index < -0.39 is 53.7 Å². The number of carbonyl (C=O) groups excluding carboxylic acids is 4. The second kappa shape index (κ2) is 13.2. The molecule has 0 amide bonds. The standard InChI is InChI=1S/C25H26O9S3/c1-13(26)30-12-20-21(31-14(2)27)22(32-15(3)28)23(33-16(4)29)24(34-20)37-25(35)36-19-10-9-17-7-5-6-8-18(17)11-19/h5-11,20-24H,12H2,1-4H3/t20?,21-,22?,23?,24+/m1/s1. The summed E-state index contributed by atoms with van der Waals surface area (Å²) in [4.78, 5) is 48.1. The Morgan fingerprint density at radius 3 is 2.03 bits per heavy atom. The van der Waals surface area contributed by atoms with Gasteiger partial charge in [0.1, 0.15) is 21.7 Å². The van der Waals surface area contributed by atoms with E-state index in [2.05, 4.69) is 0 Å². The number of thioether (sulfide) groups is 2. The van der Waals surface area contributed by atoms with E-state index in [1.807, 2.05) is 42.5 Å². The zero-order valence-corrected chi connectivity index (χ0v) is 23.0. The third kappa shape index (κ3) is 8.42. The molecule has 0 spiro atoms. The lowest BCUT2D eigenvalue weighted by Gasteiger charge is -2.44. The summed E-state index contributed by atoms with van der Waals surface area (Å²) in [5, 5.41) is 2.14. The predicted molar refractivity (Wildman–Crippen MR) is 142 cm³/mol. The minimum atomic E-state index is -1.23. The molecule has 0 N–H and O–H groups in total. The van der Waals surface area contributed by atoms with Crippen LogP contribution in [0.4, 0.5) is 0 Å². The molecule has 5 atom stereocenters.